The highest BCUT2D eigenvalue weighted by Crippen LogP contribution is 2.04. The van der Waals surface area contributed by atoms with Crippen LogP contribution in [0.1, 0.15) is 45.4 Å². The third-order valence-corrected chi connectivity index (χ3v) is 2.37. The van der Waals surface area contributed by atoms with Gasteiger partial charge in [0.05, 0.1) is 6.54 Å². The topological polar surface area (TPSA) is 19.7 Å². The van der Waals surface area contributed by atoms with E-state index in [1.807, 2.05) is 12.5 Å². The van der Waals surface area contributed by atoms with Crippen LogP contribution in [0.2, 0.25) is 0 Å². The molecule has 1 heterocycles. The molecule has 0 saturated carbocycles. The first-order valence-corrected chi connectivity index (χ1v) is 5.45. The summed E-state index contributed by atoms with van der Waals surface area (Å²) in [5.41, 5.74) is 0. The van der Waals surface area contributed by atoms with Crippen molar-refractivity contribution in [2.75, 3.05) is 0 Å². The fourth-order valence-corrected chi connectivity index (χ4v) is 1.53. The molecule has 0 aliphatic rings. The van der Waals surface area contributed by atoms with Gasteiger partial charge < -0.3 is 17.0 Å². The van der Waals surface area contributed by atoms with Crippen LogP contribution < -0.4 is 21.5 Å². The lowest BCUT2D eigenvalue weighted by atomic mass is 10.1. The fraction of sp³-hybridized carbons (Fsp3) is 0.727. The van der Waals surface area contributed by atoms with Gasteiger partial charge in [0.25, 0.3) is 0 Å². The Morgan fingerprint density at radius 2 is 1.79 bits per heavy atom. The summed E-state index contributed by atoms with van der Waals surface area (Å²) in [7, 11) is 0. The van der Waals surface area contributed by atoms with Crippen LogP contribution in [0.25, 0.3) is 0 Å². The Bertz CT molecular complexity index is 197. The first-order valence-electron chi connectivity index (χ1n) is 5.45. The SMILES string of the molecule is CCCCCCCC[n+]1cc[nH]c1.[Br-]. The number of hydrogen-bond acceptors (Lipinski definition) is 0. The number of aromatic nitrogens is 2. The molecule has 0 bridgehead atoms. The minimum Gasteiger partial charge on any atom is -1.00 e. The molecule has 3 heteroatoms. The summed E-state index contributed by atoms with van der Waals surface area (Å²) < 4.78 is 2.21. The average molecular weight is 261 g/mol. The van der Waals surface area contributed by atoms with E-state index in [4.69, 9.17) is 0 Å². The zero-order valence-corrected chi connectivity index (χ0v) is 10.6. The number of hydrogen-bond donors (Lipinski definition) is 1. The number of aromatic amines is 1. The van der Waals surface area contributed by atoms with Crippen molar-refractivity contribution in [2.24, 2.45) is 0 Å². The molecule has 0 amide bonds. The number of unbranched alkanes of at least 4 members (excludes halogenated alkanes) is 5. The molecule has 14 heavy (non-hydrogen) atoms. The largest absolute Gasteiger partial charge is 1.00 e. The van der Waals surface area contributed by atoms with Crippen LogP contribution in [0.4, 0.5) is 0 Å². The molecule has 0 saturated heterocycles. The van der Waals surface area contributed by atoms with Crippen LogP contribution in [0.15, 0.2) is 18.7 Å². The van der Waals surface area contributed by atoms with Crippen molar-refractivity contribution in [3.8, 4) is 0 Å². The lowest BCUT2D eigenvalue weighted by Crippen LogP contribution is -3.00. The lowest BCUT2D eigenvalue weighted by Gasteiger charge is -1.98. The van der Waals surface area contributed by atoms with E-state index in [9.17, 15) is 0 Å². The third kappa shape index (κ3) is 6.19. The van der Waals surface area contributed by atoms with Gasteiger partial charge in [-0.15, -0.1) is 0 Å². The molecule has 0 spiro atoms. The van der Waals surface area contributed by atoms with Crippen LogP contribution in [0.3, 0.4) is 0 Å². The Balaban J connectivity index is 0.00000169. The van der Waals surface area contributed by atoms with Crippen LogP contribution >= 0.6 is 0 Å². The summed E-state index contributed by atoms with van der Waals surface area (Å²) in [6.07, 6.45) is 14.3. The smallest absolute Gasteiger partial charge is 0.241 e. The molecule has 82 valence electrons. The first-order chi connectivity index (χ1) is 6.43. The van der Waals surface area contributed by atoms with Crippen molar-refractivity contribution in [1.82, 2.24) is 4.98 Å². The number of rotatable bonds is 7. The summed E-state index contributed by atoms with van der Waals surface area (Å²) >= 11 is 0. The number of H-pyrrole nitrogens is 1. The van der Waals surface area contributed by atoms with E-state index in [1.165, 1.54) is 38.5 Å². The molecule has 0 radical (unpaired) electrons. The zero-order valence-electron chi connectivity index (χ0n) is 9.01. The molecule has 0 aliphatic carbocycles. The van der Waals surface area contributed by atoms with Crippen molar-refractivity contribution >= 4 is 0 Å². The minimum atomic E-state index is 0. The Kier molecular flexibility index (Phi) is 9.05. The highest BCUT2D eigenvalue weighted by atomic mass is 79.9. The van der Waals surface area contributed by atoms with Crippen LogP contribution in [0.5, 0.6) is 0 Å². The molecule has 0 atom stereocenters. The predicted molar refractivity (Wildman–Crippen MR) is 54.4 cm³/mol. The van der Waals surface area contributed by atoms with E-state index in [2.05, 4.69) is 22.7 Å². The summed E-state index contributed by atoms with van der Waals surface area (Å²) in [6, 6.07) is 0. The Labute approximate surface area is 97.5 Å². The van der Waals surface area contributed by atoms with Gasteiger partial charge in [-0.05, 0) is 12.8 Å². The lowest BCUT2D eigenvalue weighted by molar-refractivity contribution is -0.696. The third-order valence-electron chi connectivity index (χ3n) is 2.37. The molecule has 0 aliphatic heterocycles. The quantitative estimate of drug-likeness (QED) is 0.512. The highest BCUT2D eigenvalue weighted by Gasteiger charge is 1.95. The monoisotopic (exact) mass is 260 g/mol. The van der Waals surface area contributed by atoms with E-state index < -0.39 is 0 Å². The Morgan fingerprint density at radius 1 is 1.07 bits per heavy atom. The van der Waals surface area contributed by atoms with Gasteiger partial charge >= 0.3 is 0 Å². The van der Waals surface area contributed by atoms with Gasteiger partial charge in [0.1, 0.15) is 12.4 Å². The average Bonchev–Trinajstić information content (AvgIpc) is 2.63. The van der Waals surface area contributed by atoms with Gasteiger partial charge in [0, 0.05) is 0 Å². The molecular weight excluding hydrogens is 240 g/mol. The van der Waals surface area contributed by atoms with E-state index in [1.54, 1.807) is 0 Å². The van der Waals surface area contributed by atoms with Crippen LogP contribution in [-0.4, -0.2) is 4.98 Å². The van der Waals surface area contributed by atoms with Gasteiger partial charge in [-0.2, -0.15) is 0 Å². The molecule has 1 aromatic rings. The van der Waals surface area contributed by atoms with E-state index >= 15 is 0 Å². The second-order valence-electron chi connectivity index (χ2n) is 3.62. The van der Waals surface area contributed by atoms with E-state index in [0.29, 0.717) is 0 Å². The van der Waals surface area contributed by atoms with Crippen molar-refractivity contribution < 1.29 is 21.5 Å². The van der Waals surface area contributed by atoms with Gasteiger partial charge in [0.2, 0.25) is 6.33 Å². The summed E-state index contributed by atoms with van der Waals surface area (Å²) in [5, 5.41) is 0. The zero-order chi connectivity index (χ0) is 9.36. The maximum absolute atomic E-state index is 3.05. The molecule has 0 fully saturated rings. The summed E-state index contributed by atoms with van der Waals surface area (Å²) in [5.74, 6) is 0. The number of imidazole rings is 1. The van der Waals surface area contributed by atoms with Crippen molar-refractivity contribution in [3.05, 3.63) is 18.7 Å². The van der Waals surface area contributed by atoms with Crippen molar-refractivity contribution in [1.29, 1.82) is 0 Å². The molecule has 1 N–H and O–H groups in total. The number of halogens is 1. The Hall–Kier alpha value is -0.310. The number of nitrogens with one attached hydrogen (secondary N) is 1. The molecular formula is C11H21BrN2. The van der Waals surface area contributed by atoms with E-state index in [-0.39, 0.29) is 17.0 Å². The van der Waals surface area contributed by atoms with Gasteiger partial charge in [-0.3, -0.25) is 4.98 Å². The second-order valence-corrected chi connectivity index (χ2v) is 3.62. The second kappa shape index (κ2) is 9.25. The Morgan fingerprint density at radius 3 is 2.43 bits per heavy atom. The maximum atomic E-state index is 3.05. The molecule has 0 aromatic carbocycles. The van der Waals surface area contributed by atoms with Crippen molar-refractivity contribution in [3.63, 3.8) is 0 Å². The fourth-order valence-electron chi connectivity index (χ4n) is 1.53. The number of nitrogens with zero attached hydrogens (tertiary/aromatic N) is 1. The van der Waals surface area contributed by atoms with E-state index in [0.717, 1.165) is 6.54 Å². The molecule has 2 nitrogen and oxygen atoms in total. The normalized spacial score (nSPS) is 9.79. The summed E-state index contributed by atoms with van der Waals surface area (Å²) in [4.78, 5) is 3.05. The minimum absolute atomic E-state index is 0. The predicted octanol–water partition coefficient (Wildman–Crippen LogP) is -0.333. The standard InChI is InChI=1S/C11H20N2.BrH/c1-2-3-4-5-6-7-9-13-10-8-12-11-13;/h8,10-11H,2-7,9H2,1H3;1H. The highest BCUT2D eigenvalue weighted by molar-refractivity contribution is 4.55. The van der Waals surface area contributed by atoms with Crippen molar-refractivity contribution in [2.45, 2.75) is 52.0 Å². The summed E-state index contributed by atoms with van der Waals surface area (Å²) in [6.45, 7) is 3.42. The molecule has 0 unspecified atom stereocenters. The number of aryl methyl sites for hydroxylation is 1. The first kappa shape index (κ1) is 13.7. The van der Waals surface area contributed by atoms with Gasteiger partial charge in [0.15, 0.2) is 0 Å². The van der Waals surface area contributed by atoms with Crippen LogP contribution in [0, 0.1) is 0 Å². The maximum Gasteiger partial charge on any atom is 0.241 e. The van der Waals surface area contributed by atoms with Crippen LogP contribution in [-0.2, 0) is 6.54 Å². The van der Waals surface area contributed by atoms with Gasteiger partial charge in [-0.25, -0.2) is 4.57 Å². The van der Waals surface area contributed by atoms with Gasteiger partial charge in [-0.1, -0.05) is 32.6 Å². The molecule has 1 rings (SSSR count). The molecule has 1 aromatic heterocycles.